The third-order valence-electron chi connectivity index (χ3n) is 5.68. The fraction of sp³-hybridized carbons (Fsp3) is 0.421. The smallest absolute Gasteiger partial charge is 0.226 e. The van der Waals surface area contributed by atoms with Gasteiger partial charge in [-0.15, -0.1) is 0 Å². The van der Waals surface area contributed by atoms with E-state index in [2.05, 4.69) is 15.1 Å². The number of H-pyrrole nitrogens is 1. The zero-order chi connectivity index (χ0) is 17.7. The van der Waals surface area contributed by atoms with Crippen LogP contribution in [-0.4, -0.2) is 47.6 Å². The predicted octanol–water partition coefficient (Wildman–Crippen LogP) is 1.84. The normalized spacial score (nSPS) is 21.4. The van der Waals surface area contributed by atoms with E-state index in [4.69, 9.17) is 0 Å². The Morgan fingerprint density at radius 2 is 2.27 bits per heavy atom. The average molecular weight is 351 g/mol. The summed E-state index contributed by atoms with van der Waals surface area (Å²) in [6.07, 6.45) is 6.90. The van der Waals surface area contributed by atoms with Crippen LogP contribution in [0.15, 0.2) is 36.8 Å². The van der Waals surface area contributed by atoms with Crippen LogP contribution in [0, 0.1) is 0 Å². The lowest BCUT2D eigenvalue weighted by Crippen LogP contribution is -2.47. The third-order valence-corrected chi connectivity index (χ3v) is 5.68. The van der Waals surface area contributed by atoms with Crippen LogP contribution in [0.5, 0.6) is 0 Å². The molecule has 7 heteroatoms. The topological polar surface area (TPSA) is 86.5 Å². The lowest BCUT2D eigenvalue weighted by Gasteiger charge is -2.40. The molecule has 0 spiro atoms. The standard InChI is InChI=1S/C19H21N5O2/c25-16(11-19(26)6-3-7-19)23-9-5-14-17(21-12-20-14)18(23)15-10-13-4-1-2-8-24(13)22-15/h1-2,4,8,10,12,18,26H,3,5-7,9,11H2,(H,20,21)/t18-/m0/s1. The van der Waals surface area contributed by atoms with E-state index < -0.39 is 5.60 Å². The van der Waals surface area contributed by atoms with Gasteiger partial charge in [-0.3, -0.25) is 4.79 Å². The highest BCUT2D eigenvalue weighted by atomic mass is 16.3. The molecule has 2 aliphatic rings. The van der Waals surface area contributed by atoms with Crippen LogP contribution in [0.3, 0.4) is 0 Å². The number of fused-ring (bicyclic) bond motifs is 2. The fourth-order valence-electron chi connectivity index (χ4n) is 4.08. The third kappa shape index (κ3) is 2.42. The van der Waals surface area contributed by atoms with Crippen LogP contribution in [0.25, 0.3) is 5.52 Å². The maximum atomic E-state index is 13.0. The molecule has 1 atom stereocenters. The Hall–Kier alpha value is -2.67. The molecule has 134 valence electrons. The number of hydrogen-bond donors (Lipinski definition) is 2. The van der Waals surface area contributed by atoms with Gasteiger partial charge in [0.15, 0.2) is 0 Å². The van der Waals surface area contributed by atoms with Crippen molar-refractivity contribution in [1.82, 2.24) is 24.5 Å². The van der Waals surface area contributed by atoms with Gasteiger partial charge in [-0.05, 0) is 37.5 Å². The number of aromatic amines is 1. The molecule has 0 unspecified atom stereocenters. The highest BCUT2D eigenvalue weighted by Crippen LogP contribution is 2.38. The Balaban J connectivity index is 1.54. The summed E-state index contributed by atoms with van der Waals surface area (Å²) in [7, 11) is 0. The molecule has 7 nitrogen and oxygen atoms in total. The largest absolute Gasteiger partial charge is 0.389 e. The van der Waals surface area contributed by atoms with Crippen LogP contribution in [-0.2, 0) is 11.2 Å². The predicted molar refractivity (Wildman–Crippen MR) is 94.5 cm³/mol. The van der Waals surface area contributed by atoms with Gasteiger partial charge in [-0.25, -0.2) is 9.50 Å². The number of aliphatic hydroxyl groups is 1. The van der Waals surface area contributed by atoms with E-state index in [1.807, 2.05) is 39.9 Å². The van der Waals surface area contributed by atoms with Crippen LogP contribution >= 0.6 is 0 Å². The second-order valence-electron chi connectivity index (χ2n) is 7.40. The lowest BCUT2D eigenvalue weighted by atomic mass is 9.77. The first-order chi connectivity index (χ1) is 12.6. The summed E-state index contributed by atoms with van der Waals surface area (Å²) in [5.74, 6) is -0.0251. The molecule has 0 bridgehead atoms. The molecule has 4 heterocycles. The van der Waals surface area contributed by atoms with Crippen LogP contribution in [0.4, 0.5) is 0 Å². The highest BCUT2D eigenvalue weighted by molar-refractivity contribution is 5.79. The Kier molecular flexibility index (Phi) is 3.40. The summed E-state index contributed by atoms with van der Waals surface area (Å²) in [6.45, 7) is 0.600. The second-order valence-corrected chi connectivity index (χ2v) is 7.40. The molecule has 3 aromatic rings. The summed E-state index contributed by atoms with van der Waals surface area (Å²) < 4.78 is 1.82. The van der Waals surface area contributed by atoms with Gasteiger partial charge in [0.2, 0.25) is 5.91 Å². The van der Waals surface area contributed by atoms with Gasteiger partial charge < -0.3 is 15.0 Å². The molecule has 3 aromatic heterocycles. The summed E-state index contributed by atoms with van der Waals surface area (Å²) in [6, 6.07) is 7.58. The van der Waals surface area contributed by atoms with E-state index in [9.17, 15) is 9.90 Å². The monoisotopic (exact) mass is 351 g/mol. The molecular formula is C19H21N5O2. The molecule has 5 rings (SSSR count). The SMILES string of the molecule is O=C(CC1(O)CCC1)N1CCc2[nH]cnc2[C@@H]1c1cc2ccccn2n1. The number of imidazole rings is 1. The van der Waals surface area contributed by atoms with Crippen molar-refractivity contribution >= 4 is 11.4 Å². The van der Waals surface area contributed by atoms with Crippen LogP contribution in [0.2, 0.25) is 0 Å². The molecule has 0 saturated heterocycles. The highest BCUT2D eigenvalue weighted by Gasteiger charge is 2.41. The van der Waals surface area contributed by atoms with Crippen molar-refractivity contribution in [3.05, 3.63) is 53.9 Å². The van der Waals surface area contributed by atoms with Gasteiger partial charge in [0, 0.05) is 24.9 Å². The maximum absolute atomic E-state index is 13.0. The van der Waals surface area contributed by atoms with E-state index in [1.54, 1.807) is 6.33 Å². The first kappa shape index (κ1) is 15.6. The number of carbonyl (C=O) groups is 1. The van der Waals surface area contributed by atoms with Crippen molar-refractivity contribution in [3.8, 4) is 0 Å². The Bertz CT molecular complexity index is 938. The van der Waals surface area contributed by atoms with E-state index in [-0.39, 0.29) is 18.4 Å². The summed E-state index contributed by atoms with van der Waals surface area (Å²) in [4.78, 5) is 22.5. The number of rotatable bonds is 3. The number of nitrogens with one attached hydrogen (secondary N) is 1. The molecule has 1 saturated carbocycles. The molecule has 1 aliphatic heterocycles. The van der Waals surface area contributed by atoms with Crippen LogP contribution in [0.1, 0.15) is 48.8 Å². The van der Waals surface area contributed by atoms with Crippen molar-refractivity contribution in [3.63, 3.8) is 0 Å². The van der Waals surface area contributed by atoms with Crippen molar-refractivity contribution < 1.29 is 9.90 Å². The summed E-state index contributed by atoms with van der Waals surface area (Å²) in [5.41, 5.74) is 2.87. The average Bonchev–Trinajstić information content (AvgIpc) is 3.25. The van der Waals surface area contributed by atoms with Gasteiger partial charge in [0.05, 0.1) is 35.3 Å². The summed E-state index contributed by atoms with van der Waals surface area (Å²) in [5, 5.41) is 15.1. The van der Waals surface area contributed by atoms with Crippen molar-refractivity contribution in [2.75, 3.05) is 6.54 Å². The molecule has 26 heavy (non-hydrogen) atoms. The van der Waals surface area contributed by atoms with E-state index in [0.29, 0.717) is 19.4 Å². The minimum atomic E-state index is -0.827. The zero-order valence-corrected chi connectivity index (χ0v) is 14.4. The Morgan fingerprint density at radius 1 is 1.38 bits per heavy atom. The minimum Gasteiger partial charge on any atom is -0.389 e. The maximum Gasteiger partial charge on any atom is 0.226 e. The van der Waals surface area contributed by atoms with Gasteiger partial charge in [-0.1, -0.05) is 6.07 Å². The van der Waals surface area contributed by atoms with E-state index >= 15 is 0 Å². The molecule has 0 radical (unpaired) electrons. The summed E-state index contributed by atoms with van der Waals surface area (Å²) >= 11 is 0. The molecule has 1 amide bonds. The second kappa shape index (κ2) is 5.67. The van der Waals surface area contributed by atoms with Gasteiger partial charge >= 0.3 is 0 Å². The number of aromatic nitrogens is 4. The number of pyridine rings is 1. The molecule has 1 fully saturated rings. The molecule has 0 aromatic carbocycles. The van der Waals surface area contributed by atoms with Crippen LogP contribution < -0.4 is 0 Å². The number of hydrogen-bond acceptors (Lipinski definition) is 4. The quantitative estimate of drug-likeness (QED) is 0.754. The fourth-order valence-corrected chi connectivity index (χ4v) is 4.08. The van der Waals surface area contributed by atoms with Crippen molar-refractivity contribution in [2.45, 2.75) is 43.7 Å². The van der Waals surface area contributed by atoms with Gasteiger partial charge in [-0.2, -0.15) is 5.10 Å². The molecule has 2 N–H and O–H groups in total. The lowest BCUT2D eigenvalue weighted by molar-refractivity contribution is -0.142. The molecular weight excluding hydrogens is 330 g/mol. The van der Waals surface area contributed by atoms with E-state index in [1.165, 1.54) is 0 Å². The zero-order valence-electron chi connectivity index (χ0n) is 14.4. The van der Waals surface area contributed by atoms with E-state index in [0.717, 1.165) is 35.4 Å². The van der Waals surface area contributed by atoms with Gasteiger partial charge in [0.1, 0.15) is 6.04 Å². The first-order valence-electron chi connectivity index (χ1n) is 9.11. The first-order valence-corrected chi connectivity index (χ1v) is 9.11. The number of carbonyl (C=O) groups excluding carboxylic acids is 1. The van der Waals surface area contributed by atoms with Crippen molar-refractivity contribution in [1.29, 1.82) is 0 Å². The number of amides is 1. The Labute approximate surface area is 150 Å². The number of nitrogens with zero attached hydrogens (tertiary/aromatic N) is 4. The van der Waals surface area contributed by atoms with Crippen molar-refractivity contribution in [2.24, 2.45) is 0 Å². The Morgan fingerprint density at radius 3 is 3.04 bits per heavy atom. The van der Waals surface area contributed by atoms with Gasteiger partial charge in [0.25, 0.3) is 0 Å². The molecule has 1 aliphatic carbocycles. The minimum absolute atomic E-state index is 0.0251.